The lowest BCUT2D eigenvalue weighted by Crippen LogP contribution is -2.56. The first-order valence-electron chi connectivity index (χ1n) is 10.8. The standard InChI is InChI=1S/C23H28FN3O3S/c1-17(23(29)27-10-2-4-20(27)21-5-3-15-31-21)25-11-13-26(14-12-25)22(28)16-30-19-8-6-18(24)7-9-19/h3,5-9,15,17,20H,2,4,10-14,16H2,1H3. The first kappa shape index (κ1) is 21.8. The molecule has 31 heavy (non-hydrogen) atoms. The van der Waals surface area contributed by atoms with Crippen molar-refractivity contribution in [2.45, 2.75) is 31.8 Å². The van der Waals surface area contributed by atoms with Crippen LogP contribution in [0.15, 0.2) is 41.8 Å². The zero-order valence-corrected chi connectivity index (χ0v) is 18.5. The van der Waals surface area contributed by atoms with E-state index in [4.69, 9.17) is 4.74 Å². The number of rotatable bonds is 6. The van der Waals surface area contributed by atoms with Gasteiger partial charge in [-0.1, -0.05) is 6.07 Å². The average Bonchev–Trinajstić information content (AvgIpc) is 3.49. The molecule has 2 aromatic rings. The summed E-state index contributed by atoms with van der Waals surface area (Å²) in [5.41, 5.74) is 0. The lowest BCUT2D eigenvalue weighted by molar-refractivity contribution is -0.140. The van der Waals surface area contributed by atoms with Gasteiger partial charge in [0, 0.05) is 37.6 Å². The van der Waals surface area contributed by atoms with Crippen LogP contribution in [0.4, 0.5) is 4.39 Å². The summed E-state index contributed by atoms with van der Waals surface area (Å²) in [6.07, 6.45) is 2.06. The van der Waals surface area contributed by atoms with Crippen molar-refractivity contribution < 1.29 is 18.7 Å². The van der Waals surface area contributed by atoms with Crippen LogP contribution < -0.4 is 4.74 Å². The van der Waals surface area contributed by atoms with Gasteiger partial charge < -0.3 is 14.5 Å². The summed E-state index contributed by atoms with van der Waals surface area (Å²) in [6, 6.07) is 9.78. The minimum atomic E-state index is -0.339. The second-order valence-electron chi connectivity index (χ2n) is 8.04. The molecule has 1 aromatic carbocycles. The van der Waals surface area contributed by atoms with Gasteiger partial charge in [0.25, 0.3) is 5.91 Å². The largest absolute Gasteiger partial charge is 0.484 e. The van der Waals surface area contributed by atoms with Crippen molar-refractivity contribution in [3.8, 4) is 5.75 Å². The van der Waals surface area contributed by atoms with E-state index >= 15 is 0 Å². The molecule has 2 amide bonds. The lowest BCUT2D eigenvalue weighted by Gasteiger charge is -2.39. The Kier molecular flexibility index (Phi) is 6.87. The highest BCUT2D eigenvalue weighted by Crippen LogP contribution is 2.35. The quantitative estimate of drug-likeness (QED) is 0.686. The third kappa shape index (κ3) is 5.07. The predicted molar refractivity (Wildman–Crippen MR) is 118 cm³/mol. The molecule has 2 saturated heterocycles. The van der Waals surface area contributed by atoms with Crippen LogP contribution in [0.5, 0.6) is 5.75 Å². The Morgan fingerprint density at radius 2 is 1.87 bits per heavy atom. The molecule has 2 fully saturated rings. The Morgan fingerprint density at radius 1 is 1.13 bits per heavy atom. The zero-order chi connectivity index (χ0) is 21.8. The van der Waals surface area contributed by atoms with Gasteiger partial charge in [-0.25, -0.2) is 4.39 Å². The molecule has 0 radical (unpaired) electrons. The average molecular weight is 446 g/mol. The monoisotopic (exact) mass is 445 g/mol. The summed E-state index contributed by atoms with van der Waals surface area (Å²) in [7, 11) is 0. The fourth-order valence-electron chi connectivity index (χ4n) is 4.33. The molecule has 6 nitrogen and oxygen atoms in total. The van der Waals surface area contributed by atoms with Gasteiger partial charge in [-0.2, -0.15) is 0 Å². The van der Waals surface area contributed by atoms with Crippen molar-refractivity contribution in [3.05, 3.63) is 52.5 Å². The van der Waals surface area contributed by atoms with E-state index < -0.39 is 0 Å². The number of hydrogen-bond donors (Lipinski definition) is 0. The predicted octanol–water partition coefficient (Wildman–Crippen LogP) is 3.16. The SMILES string of the molecule is CC(C(=O)N1CCCC1c1cccs1)N1CCN(C(=O)COc2ccc(F)cc2)CC1. The van der Waals surface area contributed by atoms with E-state index in [0.29, 0.717) is 31.9 Å². The van der Waals surface area contributed by atoms with Crippen molar-refractivity contribution in [1.29, 1.82) is 0 Å². The topological polar surface area (TPSA) is 53.1 Å². The Balaban J connectivity index is 1.26. The summed E-state index contributed by atoms with van der Waals surface area (Å²) in [4.78, 5) is 32.9. The fourth-order valence-corrected chi connectivity index (χ4v) is 5.20. The van der Waals surface area contributed by atoms with Crippen LogP contribution >= 0.6 is 11.3 Å². The maximum Gasteiger partial charge on any atom is 0.260 e. The Bertz CT molecular complexity index is 882. The highest BCUT2D eigenvalue weighted by molar-refractivity contribution is 7.10. The van der Waals surface area contributed by atoms with E-state index in [1.54, 1.807) is 16.2 Å². The van der Waals surface area contributed by atoms with E-state index in [-0.39, 0.29) is 36.3 Å². The van der Waals surface area contributed by atoms with Gasteiger partial charge in [0.15, 0.2) is 6.61 Å². The second-order valence-corrected chi connectivity index (χ2v) is 9.02. The maximum absolute atomic E-state index is 13.2. The van der Waals surface area contributed by atoms with Gasteiger partial charge in [-0.05, 0) is 55.5 Å². The maximum atomic E-state index is 13.2. The molecule has 1 aromatic heterocycles. The van der Waals surface area contributed by atoms with Crippen molar-refractivity contribution in [2.24, 2.45) is 0 Å². The minimum absolute atomic E-state index is 0.0730. The summed E-state index contributed by atoms with van der Waals surface area (Å²) in [5.74, 6) is 0.211. The highest BCUT2D eigenvalue weighted by Gasteiger charge is 2.36. The number of carbonyl (C=O) groups excluding carboxylic acids is 2. The molecule has 4 rings (SSSR count). The lowest BCUT2D eigenvalue weighted by atomic mass is 10.1. The molecule has 2 unspecified atom stereocenters. The zero-order valence-electron chi connectivity index (χ0n) is 17.7. The van der Waals surface area contributed by atoms with Crippen LogP contribution in [0.2, 0.25) is 0 Å². The van der Waals surface area contributed by atoms with Gasteiger partial charge in [0.2, 0.25) is 5.91 Å². The van der Waals surface area contributed by atoms with Crippen LogP contribution in [-0.2, 0) is 9.59 Å². The molecule has 0 saturated carbocycles. The first-order chi connectivity index (χ1) is 15.0. The van der Waals surface area contributed by atoms with Crippen molar-refractivity contribution in [3.63, 3.8) is 0 Å². The van der Waals surface area contributed by atoms with Crippen LogP contribution in [0.1, 0.15) is 30.7 Å². The van der Waals surface area contributed by atoms with Crippen LogP contribution in [0.3, 0.4) is 0 Å². The second kappa shape index (κ2) is 9.78. The molecule has 0 spiro atoms. The highest BCUT2D eigenvalue weighted by atomic mass is 32.1. The summed E-state index contributed by atoms with van der Waals surface area (Å²) in [5, 5.41) is 2.07. The molecular formula is C23H28FN3O3S. The molecule has 3 heterocycles. The van der Waals surface area contributed by atoms with Crippen molar-refractivity contribution in [2.75, 3.05) is 39.3 Å². The van der Waals surface area contributed by atoms with Crippen LogP contribution in [0, 0.1) is 5.82 Å². The van der Waals surface area contributed by atoms with E-state index in [2.05, 4.69) is 16.3 Å². The molecule has 0 bridgehead atoms. The molecule has 166 valence electrons. The van der Waals surface area contributed by atoms with Crippen LogP contribution in [-0.4, -0.2) is 71.9 Å². The molecule has 8 heteroatoms. The number of halogens is 1. The number of benzene rings is 1. The van der Waals surface area contributed by atoms with Crippen molar-refractivity contribution in [1.82, 2.24) is 14.7 Å². The van der Waals surface area contributed by atoms with Gasteiger partial charge in [0.05, 0.1) is 12.1 Å². The van der Waals surface area contributed by atoms with E-state index in [9.17, 15) is 14.0 Å². The Labute approximate surface area is 186 Å². The summed E-state index contributed by atoms with van der Waals surface area (Å²) in [6.45, 7) is 5.16. The van der Waals surface area contributed by atoms with E-state index in [1.807, 2.05) is 17.9 Å². The number of piperazine rings is 1. The number of amides is 2. The van der Waals surface area contributed by atoms with Gasteiger partial charge in [0.1, 0.15) is 11.6 Å². The molecule has 0 N–H and O–H groups in total. The Hall–Kier alpha value is -2.45. The number of carbonyl (C=O) groups is 2. The molecule has 2 aliphatic rings. The Morgan fingerprint density at radius 3 is 2.55 bits per heavy atom. The van der Waals surface area contributed by atoms with E-state index in [1.165, 1.54) is 29.1 Å². The van der Waals surface area contributed by atoms with Gasteiger partial charge >= 0.3 is 0 Å². The van der Waals surface area contributed by atoms with Gasteiger partial charge in [-0.15, -0.1) is 11.3 Å². The summed E-state index contributed by atoms with van der Waals surface area (Å²) >= 11 is 1.71. The third-order valence-corrected chi connectivity index (χ3v) is 7.13. The molecule has 0 aliphatic carbocycles. The molecular weight excluding hydrogens is 417 g/mol. The minimum Gasteiger partial charge on any atom is -0.484 e. The number of ether oxygens (including phenoxy) is 1. The fraction of sp³-hybridized carbons (Fsp3) is 0.478. The number of thiophene rings is 1. The molecule has 2 aliphatic heterocycles. The number of likely N-dealkylation sites (tertiary alicyclic amines) is 1. The number of nitrogens with zero attached hydrogens (tertiary/aromatic N) is 3. The van der Waals surface area contributed by atoms with E-state index in [0.717, 1.165) is 19.4 Å². The molecule has 2 atom stereocenters. The third-order valence-electron chi connectivity index (χ3n) is 6.16. The number of hydrogen-bond acceptors (Lipinski definition) is 5. The normalized spacial score (nSPS) is 20.6. The summed E-state index contributed by atoms with van der Waals surface area (Å²) < 4.78 is 18.4. The first-order valence-corrected chi connectivity index (χ1v) is 11.6. The van der Waals surface area contributed by atoms with Crippen LogP contribution in [0.25, 0.3) is 0 Å². The van der Waals surface area contributed by atoms with Crippen molar-refractivity contribution >= 4 is 23.2 Å². The smallest absolute Gasteiger partial charge is 0.260 e. The van der Waals surface area contributed by atoms with Gasteiger partial charge in [-0.3, -0.25) is 14.5 Å².